The van der Waals surface area contributed by atoms with Crippen molar-refractivity contribution in [2.45, 2.75) is 44.1 Å². The van der Waals surface area contributed by atoms with E-state index in [-0.39, 0.29) is 6.54 Å². The van der Waals surface area contributed by atoms with Gasteiger partial charge in [-0.05, 0) is 23.9 Å². The standard InChI is InChI=1S/C13H19N3O2S3/c1-9(2)14-5-11-4-13(20-7-11)21(17,18)15-6-12-8-19-10(3)16-12/h4,7-9,14-15H,5-6H2,1-3H3. The van der Waals surface area contributed by atoms with Crippen molar-refractivity contribution in [2.24, 2.45) is 0 Å². The Hall–Kier alpha value is -0.800. The zero-order chi connectivity index (χ0) is 15.5. The van der Waals surface area contributed by atoms with Crippen molar-refractivity contribution < 1.29 is 8.42 Å². The van der Waals surface area contributed by atoms with Gasteiger partial charge >= 0.3 is 0 Å². The van der Waals surface area contributed by atoms with Gasteiger partial charge in [0.2, 0.25) is 10.0 Å². The topological polar surface area (TPSA) is 71.1 Å². The highest BCUT2D eigenvalue weighted by atomic mass is 32.2. The van der Waals surface area contributed by atoms with E-state index >= 15 is 0 Å². The third kappa shape index (κ3) is 4.86. The number of nitrogens with one attached hydrogen (secondary N) is 2. The molecule has 0 unspecified atom stereocenters. The zero-order valence-corrected chi connectivity index (χ0v) is 14.7. The molecule has 0 saturated heterocycles. The lowest BCUT2D eigenvalue weighted by Crippen LogP contribution is -2.23. The molecule has 0 radical (unpaired) electrons. The van der Waals surface area contributed by atoms with Crippen molar-refractivity contribution in [3.05, 3.63) is 33.1 Å². The van der Waals surface area contributed by atoms with Crippen LogP contribution in [0, 0.1) is 6.92 Å². The lowest BCUT2D eigenvalue weighted by Gasteiger charge is -2.05. The van der Waals surface area contributed by atoms with Crippen molar-refractivity contribution in [1.29, 1.82) is 0 Å². The van der Waals surface area contributed by atoms with E-state index in [9.17, 15) is 8.42 Å². The van der Waals surface area contributed by atoms with Crippen LogP contribution in [0.4, 0.5) is 0 Å². The molecule has 0 aliphatic heterocycles. The third-order valence-corrected chi connectivity index (χ3v) is 6.43. The summed E-state index contributed by atoms with van der Waals surface area (Å²) in [4.78, 5) is 4.25. The van der Waals surface area contributed by atoms with Crippen LogP contribution in [0.15, 0.2) is 21.0 Å². The summed E-state index contributed by atoms with van der Waals surface area (Å²) in [5.74, 6) is 0. The van der Waals surface area contributed by atoms with E-state index in [2.05, 4.69) is 28.9 Å². The second kappa shape index (κ2) is 6.97. The summed E-state index contributed by atoms with van der Waals surface area (Å²) >= 11 is 2.75. The van der Waals surface area contributed by atoms with Gasteiger partial charge < -0.3 is 5.32 Å². The second-order valence-corrected chi connectivity index (χ2v) is 8.96. The van der Waals surface area contributed by atoms with Crippen LogP contribution in [-0.2, 0) is 23.1 Å². The fourth-order valence-electron chi connectivity index (χ4n) is 1.64. The van der Waals surface area contributed by atoms with Gasteiger partial charge in [-0.15, -0.1) is 22.7 Å². The Kier molecular flexibility index (Phi) is 5.50. The summed E-state index contributed by atoms with van der Waals surface area (Å²) in [6, 6.07) is 2.09. The molecule has 0 spiro atoms. The zero-order valence-electron chi connectivity index (χ0n) is 12.2. The first-order valence-corrected chi connectivity index (χ1v) is 9.82. The predicted octanol–water partition coefficient (Wildman–Crippen LogP) is 2.49. The fourth-order valence-corrected chi connectivity index (χ4v) is 4.50. The Balaban J connectivity index is 1.99. The summed E-state index contributed by atoms with van der Waals surface area (Å²) in [7, 11) is -3.46. The number of hydrogen-bond acceptors (Lipinski definition) is 6. The molecule has 2 N–H and O–H groups in total. The lowest BCUT2D eigenvalue weighted by molar-refractivity contribution is 0.581. The minimum Gasteiger partial charge on any atom is -0.310 e. The first-order valence-electron chi connectivity index (χ1n) is 6.58. The number of sulfonamides is 1. The lowest BCUT2D eigenvalue weighted by atomic mass is 10.3. The van der Waals surface area contributed by atoms with E-state index in [0.29, 0.717) is 16.8 Å². The Morgan fingerprint density at radius 1 is 1.24 bits per heavy atom. The first-order chi connectivity index (χ1) is 9.87. The molecule has 0 amide bonds. The number of thiophene rings is 1. The Morgan fingerprint density at radius 3 is 2.62 bits per heavy atom. The maximum absolute atomic E-state index is 12.2. The number of thiazole rings is 1. The molecule has 0 saturated carbocycles. The third-order valence-electron chi connectivity index (χ3n) is 2.72. The quantitative estimate of drug-likeness (QED) is 0.809. The van der Waals surface area contributed by atoms with Crippen LogP contribution in [0.1, 0.15) is 30.1 Å². The van der Waals surface area contributed by atoms with Gasteiger partial charge in [-0.25, -0.2) is 18.1 Å². The van der Waals surface area contributed by atoms with Gasteiger partial charge in [0.15, 0.2) is 0 Å². The van der Waals surface area contributed by atoms with Crippen LogP contribution in [0.25, 0.3) is 0 Å². The molecular formula is C13H19N3O2S3. The molecule has 8 heteroatoms. The van der Waals surface area contributed by atoms with Crippen molar-refractivity contribution in [3.8, 4) is 0 Å². The average Bonchev–Trinajstić information content (AvgIpc) is 3.03. The number of aromatic nitrogens is 1. The molecule has 0 aromatic carbocycles. The second-order valence-electron chi connectivity index (χ2n) is 4.99. The van der Waals surface area contributed by atoms with Crippen LogP contribution in [0.2, 0.25) is 0 Å². The van der Waals surface area contributed by atoms with Crippen molar-refractivity contribution in [3.63, 3.8) is 0 Å². The molecule has 2 aromatic rings. The molecule has 0 aliphatic rings. The molecule has 0 atom stereocenters. The highest BCUT2D eigenvalue weighted by Crippen LogP contribution is 2.20. The monoisotopic (exact) mass is 345 g/mol. The molecule has 2 heterocycles. The molecule has 0 aliphatic carbocycles. The van der Waals surface area contributed by atoms with E-state index in [4.69, 9.17) is 0 Å². The summed E-state index contributed by atoms with van der Waals surface area (Å²) in [5.41, 5.74) is 1.73. The normalized spacial score (nSPS) is 12.2. The maximum atomic E-state index is 12.2. The first kappa shape index (κ1) is 16.6. The molecule has 5 nitrogen and oxygen atoms in total. The van der Waals surface area contributed by atoms with Gasteiger partial charge in [-0.1, -0.05) is 13.8 Å². The number of nitrogens with zero attached hydrogens (tertiary/aromatic N) is 1. The Morgan fingerprint density at radius 2 is 2.00 bits per heavy atom. The van der Waals surface area contributed by atoms with Crippen LogP contribution < -0.4 is 10.0 Å². The highest BCUT2D eigenvalue weighted by molar-refractivity contribution is 7.91. The van der Waals surface area contributed by atoms with E-state index in [1.807, 2.05) is 17.7 Å². The molecule has 2 aromatic heterocycles. The van der Waals surface area contributed by atoms with Gasteiger partial charge in [0.05, 0.1) is 17.2 Å². The van der Waals surface area contributed by atoms with Crippen molar-refractivity contribution in [1.82, 2.24) is 15.0 Å². The number of hydrogen-bond donors (Lipinski definition) is 2. The van der Waals surface area contributed by atoms with Crippen molar-refractivity contribution in [2.75, 3.05) is 0 Å². The minimum atomic E-state index is -3.46. The molecule has 0 bridgehead atoms. The fraction of sp³-hybridized carbons (Fsp3) is 0.462. The maximum Gasteiger partial charge on any atom is 0.250 e. The van der Waals surface area contributed by atoms with Crippen molar-refractivity contribution >= 4 is 32.7 Å². The number of rotatable bonds is 7. The predicted molar refractivity (Wildman–Crippen MR) is 87.2 cm³/mol. The van der Waals surface area contributed by atoms with Gasteiger partial charge in [0, 0.05) is 18.0 Å². The van der Waals surface area contributed by atoms with Crippen LogP contribution >= 0.6 is 22.7 Å². The van der Waals surface area contributed by atoms with Gasteiger partial charge in [-0.3, -0.25) is 0 Å². The van der Waals surface area contributed by atoms with Gasteiger partial charge in [0.1, 0.15) is 4.21 Å². The van der Waals surface area contributed by atoms with E-state index in [0.717, 1.165) is 16.3 Å². The Bertz CT molecular complexity index is 689. The summed E-state index contributed by atoms with van der Waals surface area (Å²) in [6.07, 6.45) is 0. The summed E-state index contributed by atoms with van der Waals surface area (Å²) in [5, 5.41) is 7.94. The van der Waals surface area contributed by atoms with Crippen LogP contribution in [-0.4, -0.2) is 19.4 Å². The van der Waals surface area contributed by atoms with Crippen LogP contribution in [0.5, 0.6) is 0 Å². The molecular weight excluding hydrogens is 326 g/mol. The minimum absolute atomic E-state index is 0.226. The number of aryl methyl sites for hydroxylation is 1. The van der Waals surface area contributed by atoms with E-state index in [1.54, 1.807) is 6.07 Å². The van der Waals surface area contributed by atoms with Gasteiger partial charge in [-0.2, -0.15) is 0 Å². The SMILES string of the molecule is Cc1nc(CNS(=O)(=O)c2cc(CNC(C)C)cs2)cs1. The van der Waals surface area contributed by atoms with Crippen LogP contribution in [0.3, 0.4) is 0 Å². The van der Waals surface area contributed by atoms with E-state index < -0.39 is 10.0 Å². The van der Waals surface area contributed by atoms with E-state index in [1.165, 1.54) is 22.7 Å². The summed E-state index contributed by atoms with van der Waals surface area (Å²) in [6.45, 7) is 6.91. The van der Waals surface area contributed by atoms with Gasteiger partial charge in [0.25, 0.3) is 0 Å². The molecule has 21 heavy (non-hydrogen) atoms. The molecule has 0 fully saturated rings. The smallest absolute Gasteiger partial charge is 0.250 e. The highest BCUT2D eigenvalue weighted by Gasteiger charge is 2.17. The summed E-state index contributed by atoms with van der Waals surface area (Å²) < 4.78 is 27.4. The average molecular weight is 346 g/mol. The largest absolute Gasteiger partial charge is 0.310 e. The molecule has 2 rings (SSSR count). The Labute approximate surface area is 133 Å². The molecule has 116 valence electrons.